The summed E-state index contributed by atoms with van der Waals surface area (Å²) in [6.07, 6.45) is 5.21. The molecule has 2 aliphatic rings. The van der Waals surface area contributed by atoms with Gasteiger partial charge in [0.15, 0.2) is 18.9 Å². The Morgan fingerprint density at radius 1 is 1.09 bits per heavy atom. The molecule has 1 aromatic heterocycles. The Bertz CT molecular complexity index is 1630. The van der Waals surface area contributed by atoms with Gasteiger partial charge in [0.2, 0.25) is 12.8 Å². The molecule has 13 heteroatoms. The molecule has 0 radical (unpaired) electrons. The molecule has 3 heterocycles. The maximum Gasteiger partial charge on any atom is 0.352 e. The van der Waals surface area contributed by atoms with E-state index in [1.54, 1.807) is 53.4 Å². The van der Waals surface area contributed by atoms with Crippen molar-refractivity contribution in [1.29, 1.82) is 0 Å². The summed E-state index contributed by atoms with van der Waals surface area (Å²) >= 11 is 1.35. The minimum absolute atomic E-state index is 0.130. The van der Waals surface area contributed by atoms with Crippen LogP contribution in [0.25, 0.3) is 0 Å². The molecule has 2 aliphatic heterocycles. The standard InChI is InChI=1S/C32H31N5O7S/c1-2-13-33-29(40)23-10-7-14-34(16-23)17-24-19-45-31-28(30(41)37(31)27(24)32(42)43)35(20-38)25-11-6-12-26(15-25)36(21-39)44-18-22-8-4-3-5-9-22/h3-12,14-16,20-21,28,31H,2,13,17-19H2,1H3,(H-,33,40,42,43)/p+1/t28?,31-/m1/s1. The molecule has 5 rings (SSSR count). The number of carbonyl (C=O) groups excluding carboxylic acids is 4. The molecule has 2 aromatic carbocycles. The van der Waals surface area contributed by atoms with Crippen molar-refractivity contribution in [2.45, 2.75) is 37.9 Å². The van der Waals surface area contributed by atoms with Gasteiger partial charge in [0.05, 0.1) is 5.69 Å². The maximum absolute atomic E-state index is 13.5. The zero-order chi connectivity index (χ0) is 31.9. The highest BCUT2D eigenvalue weighted by molar-refractivity contribution is 8.00. The molecule has 0 spiro atoms. The van der Waals surface area contributed by atoms with Crippen molar-refractivity contribution in [1.82, 2.24) is 10.2 Å². The minimum atomic E-state index is -1.25. The van der Waals surface area contributed by atoms with E-state index in [0.29, 0.717) is 47.6 Å². The molecule has 45 heavy (non-hydrogen) atoms. The van der Waals surface area contributed by atoms with Gasteiger partial charge in [-0.05, 0) is 36.2 Å². The summed E-state index contributed by atoms with van der Waals surface area (Å²) in [5.74, 6) is -1.72. The highest BCUT2D eigenvalue weighted by atomic mass is 32.2. The van der Waals surface area contributed by atoms with Crippen LogP contribution in [0.15, 0.2) is 90.4 Å². The number of hydrogen-bond donors (Lipinski definition) is 2. The second-order valence-electron chi connectivity index (χ2n) is 10.4. The third-order valence-corrected chi connectivity index (χ3v) is 8.68. The van der Waals surface area contributed by atoms with Crippen LogP contribution in [-0.4, -0.2) is 64.3 Å². The number of hydroxylamine groups is 1. The summed E-state index contributed by atoms with van der Waals surface area (Å²) < 4.78 is 1.71. The SMILES string of the molecule is CCCNC(=O)c1ccc[n+](CC2=C(C(=O)O)N3C(=O)C(N(C=O)c4cccc(N(C=O)OCc5ccccc5)c4)[C@H]3SC2)c1. The molecular formula is C32H32N5O7S+. The first-order chi connectivity index (χ1) is 21.9. The molecule has 1 saturated heterocycles. The molecule has 2 N–H and O–H groups in total. The van der Waals surface area contributed by atoms with Crippen LogP contribution in [0.5, 0.6) is 0 Å². The second-order valence-corrected chi connectivity index (χ2v) is 11.5. The van der Waals surface area contributed by atoms with Gasteiger partial charge in [-0.25, -0.2) is 9.36 Å². The van der Waals surface area contributed by atoms with Gasteiger partial charge < -0.3 is 10.4 Å². The lowest BCUT2D eigenvalue weighted by Gasteiger charge is -2.51. The Kier molecular flexibility index (Phi) is 9.90. The fourth-order valence-corrected chi connectivity index (χ4v) is 6.57. The van der Waals surface area contributed by atoms with Crippen LogP contribution < -0.4 is 19.8 Å². The average molecular weight is 631 g/mol. The molecule has 0 saturated carbocycles. The number of nitrogens with one attached hydrogen (secondary N) is 1. The summed E-state index contributed by atoms with van der Waals surface area (Å²) in [6, 6.07) is 18.2. The monoisotopic (exact) mass is 630 g/mol. The van der Waals surface area contributed by atoms with Gasteiger partial charge in [0, 0.05) is 29.6 Å². The van der Waals surface area contributed by atoms with Crippen molar-refractivity contribution in [2.75, 3.05) is 22.3 Å². The first-order valence-corrected chi connectivity index (χ1v) is 15.3. The van der Waals surface area contributed by atoms with Gasteiger partial charge in [0.25, 0.3) is 11.8 Å². The lowest BCUT2D eigenvalue weighted by atomic mass is 10.0. The third-order valence-electron chi connectivity index (χ3n) is 7.36. The molecule has 1 unspecified atom stereocenters. The van der Waals surface area contributed by atoms with Crippen molar-refractivity contribution >= 4 is 53.7 Å². The fraction of sp³-hybridized carbons (Fsp3) is 0.250. The van der Waals surface area contributed by atoms with E-state index in [-0.39, 0.29) is 24.8 Å². The van der Waals surface area contributed by atoms with Crippen LogP contribution in [0, 0.1) is 0 Å². The summed E-state index contributed by atoms with van der Waals surface area (Å²) in [5, 5.41) is 13.4. The van der Waals surface area contributed by atoms with Crippen molar-refractivity contribution in [3.63, 3.8) is 0 Å². The lowest BCUT2D eigenvalue weighted by molar-refractivity contribution is -0.689. The number of carboxylic acid groups (broad SMARTS) is 1. The number of pyridine rings is 1. The Balaban J connectivity index is 1.34. The van der Waals surface area contributed by atoms with Crippen molar-refractivity contribution < 1.29 is 38.5 Å². The van der Waals surface area contributed by atoms with E-state index >= 15 is 0 Å². The van der Waals surface area contributed by atoms with E-state index in [1.165, 1.54) is 21.6 Å². The number of benzene rings is 2. The maximum atomic E-state index is 13.5. The summed E-state index contributed by atoms with van der Waals surface area (Å²) in [6.45, 7) is 2.79. The highest BCUT2D eigenvalue weighted by Gasteiger charge is 2.56. The van der Waals surface area contributed by atoms with Gasteiger partial charge in [0.1, 0.15) is 29.3 Å². The predicted octanol–water partition coefficient (Wildman–Crippen LogP) is 2.49. The van der Waals surface area contributed by atoms with E-state index in [9.17, 15) is 29.1 Å². The van der Waals surface area contributed by atoms with E-state index in [1.807, 2.05) is 37.3 Å². The van der Waals surface area contributed by atoms with Gasteiger partial charge in [-0.3, -0.25) is 33.8 Å². The fourth-order valence-electron chi connectivity index (χ4n) is 5.19. The van der Waals surface area contributed by atoms with Crippen LogP contribution in [0.3, 0.4) is 0 Å². The van der Waals surface area contributed by atoms with Crippen molar-refractivity contribution in [2.24, 2.45) is 0 Å². The summed E-state index contributed by atoms with van der Waals surface area (Å²) in [7, 11) is 0. The van der Waals surface area contributed by atoms with E-state index in [0.717, 1.165) is 17.0 Å². The van der Waals surface area contributed by atoms with Gasteiger partial charge >= 0.3 is 5.97 Å². The number of aromatic nitrogens is 1. The molecule has 4 amide bonds. The Morgan fingerprint density at radius 2 is 1.87 bits per heavy atom. The van der Waals surface area contributed by atoms with Crippen LogP contribution in [-0.2, 0) is 37.2 Å². The number of nitrogens with zero attached hydrogens (tertiary/aromatic N) is 4. The van der Waals surface area contributed by atoms with E-state index < -0.39 is 23.3 Å². The Morgan fingerprint density at radius 3 is 2.58 bits per heavy atom. The molecule has 0 bridgehead atoms. The van der Waals surface area contributed by atoms with Crippen LogP contribution in [0.1, 0.15) is 29.3 Å². The van der Waals surface area contributed by atoms with Gasteiger partial charge in [-0.1, -0.05) is 43.3 Å². The number of amides is 4. The number of rotatable bonds is 14. The summed E-state index contributed by atoms with van der Waals surface area (Å²) in [4.78, 5) is 70.7. The van der Waals surface area contributed by atoms with Gasteiger partial charge in [-0.2, -0.15) is 5.06 Å². The average Bonchev–Trinajstić information content (AvgIpc) is 3.06. The number of carbonyl (C=O) groups is 5. The Labute approximate surface area is 263 Å². The number of carboxylic acids is 1. The zero-order valence-electron chi connectivity index (χ0n) is 24.4. The molecule has 3 aromatic rings. The molecule has 1 fully saturated rings. The number of aliphatic carboxylic acids is 1. The third kappa shape index (κ3) is 6.74. The number of hydrogen-bond acceptors (Lipinski definition) is 7. The largest absolute Gasteiger partial charge is 0.477 e. The highest BCUT2D eigenvalue weighted by Crippen LogP contribution is 2.43. The number of anilines is 2. The number of β-lactam (4-membered cyclic amide) rings is 1. The smallest absolute Gasteiger partial charge is 0.352 e. The molecular weight excluding hydrogens is 598 g/mol. The quantitative estimate of drug-likeness (QED) is 0.120. The van der Waals surface area contributed by atoms with E-state index in [2.05, 4.69) is 5.32 Å². The first-order valence-electron chi connectivity index (χ1n) is 14.3. The van der Waals surface area contributed by atoms with Crippen LogP contribution in [0.4, 0.5) is 11.4 Å². The summed E-state index contributed by atoms with van der Waals surface area (Å²) in [5.41, 5.74) is 2.36. The van der Waals surface area contributed by atoms with E-state index in [4.69, 9.17) is 4.84 Å². The molecule has 232 valence electrons. The van der Waals surface area contributed by atoms with Gasteiger partial charge in [-0.15, -0.1) is 11.8 Å². The number of thioether (sulfide) groups is 1. The van der Waals surface area contributed by atoms with Crippen molar-refractivity contribution in [3.8, 4) is 0 Å². The van der Waals surface area contributed by atoms with Crippen LogP contribution >= 0.6 is 11.8 Å². The molecule has 2 atom stereocenters. The normalized spacial score (nSPS) is 17.2. The predicted molar refractivity (Wildman–Crippen MR) is 166 cm³/mol. The lowest BCUT2D eigenvalue weighted by Crippen LogP contribution is -2.70. The second kappa shape index (κ2) is 14.2. The first kappa shape index (κ1) is 31.4. The van der Waals surface area contributed by atoms with Crippen molar-refractivity contribution in [3.05, 3.63) is 102 Å². The molecule has 0 aliphatic carbocycles. The number of fused-ring (bicyclic) bond motifs is 1. The topological polar surface area (TPSA) is 140 Å². The Hall–Kier alpha value is -5.01. The minimum Gasteiger partial charge on any atom is -0.477 e. The molecule has 12 nitrogen and oxygen atoms in total. The van der Waals surface area contributed by atoms with Crippen LogP contribution in [0.2, 0.25) is 0 Å². The zero-order valence-corrected chi connectivity index (χ0v) is 25.3.